The van der Waals surface area contributed by atoms with E-state index < -0.39 is 11.8 Å². The predicted octanol–water partition coefficient (Wildman–Crippen LogP) is -1.10. The van der Waals surface area contributed by atoms with Crippen LogP contribution in [0.3, 0.4) is 0 Å². The van der Waals surface area contributed by atoms with E-state index in [9.17, 15) is 4.79 Å². The molecule has 0 bridgehead atoms. The minimum Gasteiger partial charge on any atom is -0.621 e. The summed E-state index contributed by atoms with van der Waals surface area (Å²) in [5, 5.41) is 0. The number of nitrogens with zero attached hydrogens (tertiary/aromatic N) is 1. The van der Waals surface area contributed by atoms with Gasteiger partial charge in [-0.3, -0.25) is 4.90 Å². The topological polar surface area (TPSA) is 57.2 Å². The van der Waals surface area contributed by atoms with Gasteiger partial charge in [0.25, 0.3) is 0 Å². The molecule has 7 heteroatoms. The van der Waals surface area contributed by atoms with Crippen molar-refractivity contribution in [2.45, 2.75) is 51.5 Å². The first kappa shape index (κ1) is 17.8. The first-order chi connectivity index (χ1) is 8.83. The monoisotopic (exact) mass is 279 g/mol. The summed E-state index contributed by atoms with van der Waals surface area (Å²) in [5.74, 6) is 0. The normalized spacial score (nSPS) is 27.2. The SMILES string of the molecule is CC1(C)COC(C)(C)N1C(=O)O[CH-]CC1COCO1.[Li+]. The molecule has 2 aliphatic heterocycles. The van der Waals surface area contributed by atoms with E-state index >= 15 is 0 Å². The number of ether oxygens (including phenoxy) is 4. The Labute approximate surface area is 132 Å². The Morgan fingerprint density at radius 1 is 1.40 bits per heavy atom. The molecule has 0 aromatic rings. The second-order valence-corrected chi connectivity index (χ2v) is 5.95. The van der Waals surface area contributed by atoms with Crippen LogP contribution in [-0.4, -0.2) is 48.4 Å². The van der Waals surface area contributed by atoms with E-state index in [1.165, 1.54) is 6.61 Å². The quantitative estimate of drug-likeness (QED) is 0.485. The Hall–Kier alpha value is -0.253. The maximum atomic E-state index is 12.2. The molecule has 1 unspecified atom stereocenters. The van der Waals surface area contributed by atoms with Crippen LogP contribution in [0.25, 0.3) is 0 Å². The van der Waals surface area contributed by atoms with Crippen LogP contribution < -0.4 is 18.9 Å². The molecule has 0 spiro atoms. The van der Waals surface area contributed by atoms with Gasteiger partial charge in [0.15, 0.2) is 0 Å². The fraction of sp³-hybridized carbons (Fsp3) is 0.846. The van der Waals surface area contributed by atoms with Crippen molar-refractivity contribution in [1.29, 1.82) is 0 Å². The molecule has 2 rings (SSSR count). The van der Waals surface area contributed by atoms with E-state index in [1.807, 2.05) is 27.7 Å². The zero-order valence-corrected chi connectivity index (χ0v) is 13.0. The van der Waals surface area contributed by atoms with Crippen LogP contribution in [0.1, 0.15) is 34.1 Å². The number of hydrogen-bond donors (Lipinski definition) is 0. The smallest absolute Gasteiger partial charge is 0.621 e. The number of carbonyl (C=O) groups is 1. The van der Waals surface area contributed by atoms with Gasteiger partial charge in [0.2, 0.25) is 0 Å². The van der Waals surface area contributed by atoms with Gasteiger partial charge in [-0.1, -0.05) is 0 Å². The van der Waals surface area contributed by atoms with Gasteiger partial charge in [-0.15, -0.1) is 6.42 Å². The van der Waals surface area contributed by atoms with Gasteiger partial charge in [0.1, 0.15) is 12.5 Å². The minimum absolute atomic E-state index is 0. The van der Waals surface area contributed by atoms with Gasteiger partial charge in [0.05, 0.1) is 24.9 Å². The molecule has 1 amide bonds. The largest absolute Gasteiger partial charge is 1.00 e. The maximum Gasteiger partial charge on any atom is 1.00 e. The summed E-state index contributed by atoms with van der Waals surface area (Å²) in [7, 11) is 0. The molecule has 0 saturated carbocycles. The first-order valence-electron chi connectivity index (χ1n) is 6.49. The summed E-state index contributed by atoms with van der Waals surface area (Å²) in [6.07, 6.45) is 0.108. The fourth-order valence-electron chi connectivity index (χ4n) is 2.47. The molecule has 110 valence electrons. The summed E-state index contributed by atoms with van der Waals surface area (Å²) in [6, 6.07) is 0. The molecule has 0 aromatic carbocycles. The zero-order chi connectivity index (χ0) is 14.1. The van der Waals surface area contributed by atoms with E-state index in [0.29, 0.717) is 26.4 Å². The van der Waals surface area contributed by atoms with Crippen LogP contribution in [0.5, 0.6) is 0 Å². The maximum absolute atomic E-state index is 12.2. The van der Waals surface area contributed by atoms with Gasteiger partial charge < -0.3 is 18.9 Å². The van der Waals surface area contributed by atoms with E-state index in [1.54, 1.807) is 4.90 Å². The van der Waals surface area contributed by atoms with Gasteiger partial charge in [-0.25, -0.2) is 4.79 Å². The van der Waals surface area contributed by atoms with Gasteiger partial charge >= 0.3 is 25.0 Å². The van der Waals surface area contributed by atoms with Crippen molar-refractivity contribution in [1.82, 2.24) is 4.90 Å². The molecule has 6 nitrogen and oxygen atoms in total. The van der Waals surface area contributed by atoms with Crippen molar-refractivity contribution in [3.05, 3.63) is 6.61 Å². The molecule has 2 heterocycles. The van der Waals surface area contributed by atoms with Crippen LogP contribution in [0.4, 0.5) is 4.79 Å². The van der Waals surface area contributed by atoms with E-state index in [0.717, 1.165) is 0 Å². The Kier molecular flexibility index (Phi) is 5.94. The number of amides is 1. The molecule has 0 aromatic heterocycles. The number of rotatable bonds is 3. The van der Waals surface area contributed by atoms with Crippen LogP contribution >= 0.6 is 0 Å². The molecule has 1 atom stereocenters. The molecular weight excluding hydrogens is 257 g/mol. The van der Waals surface area contributed by atoms with Crippen molar-refractivity contribution >= 4 is 6.09 Å². The number of hydrogen-bond acceptors (Lipinski definition) is 5. The third-order valence-electron chi connectivity index (χ3n) is 3.34. The Balaban J connectivity index is 0.00000200. The minimum atomic E-state index is -0.651. The van der Waals surface area contributed by atoms with Gasteiger partial charge in [0, 0.05) is 0 Å². The van der Waals surface area contributed by atoms with E-state index in [4.69, 9.17) is 18.9 Å². The predicted molar refractivity (Wildman–Crippen MR) is 67.0 cm³/mol. The average molecular weight is 279 g/mol. The fourth-order valence-corrected chi connectivity index (χ4v) is 2.47. The third kappa shape index (κ3) is 3.90. The molecular formula is C13H22LiNO5. The van der Waals surface area contributed by atoms with Crippen LogP contribution in [0.15, 0.2) is 0 Å². The molecule has 20 heavy (non-hydrogen) atoms. The molecule has 0 radical (unpaired) electrons. The Bertz CT molecular complexity index is 326. The first-order valence-corrected chi connectivity index (χ1v) is 6.49. The van der Waals surface area contributed by atoms with Gasteiger partial charge in [-0.2, -0.15) is 6.61 Å². The molecule has 2 fully saturated rings. The van der Waals surface area contributed by atoms with E-state index in [2.05, 4.69) is 0 Å². The van der Waals surface area contributed by atoms with E-state index in [-0.39, 0.29) is 30.5 Å². The second-order valence-electron chi connectivity index (χ2n) is 5.95. The summed E-state index contributed by atoms with van der Waals surface area (Å²) in [5.41, 5.74) is -1.03. The van der Waals surface area contributed by atoms with Gasteiger partial charge in [-0.05, 0) is 27.7 Å². The zero-order valence-electron chi connectivity index (χ0n) is 13.0. The summed E-state index contributed by atoms with van der Waals surface area (Å²) >= 11 is 0. The summed E-state index contributed by atoms with van der Waals surface area (Å²) in [4.78, 5) is 13.8. The Morgan fingerprint density at radius 3 is 2.60 bits per heavy atom. The van der Waals surface area contributed by atoms with Crippen LogP contribution in [0.2, 0.25) is 0 Å². The van der Waals surface area contributed by atoms with Crippen molar-refractivity contribution in [2.24, 2.45) is 0 Å². The Morgan fingerprint density at radius 2 is 2.10 bits per heavy atom. The molecule has 0 aliphatic carbocycles. The van der Waals surface area contributed by atoms with Crippen molar-refractivity contribution in [3.8, 4) is 0 Å². The second kappa shape index (κ2) is 6.67. The molecule has 0 N–H and O–H groups in total. The standard InChI is InChI=1S/C13H22NO5.Li/c1-12(2)8-19-13(3,4)14(12)11(15)17-6-5-10-7-16-9-18-10;/h6,10H,5,7-9H2,1-4H3;/q-1;+1. The van der Waals surface area contributed by atoms with Crippen LogP contribution in [0, 0.1) is 6.61 Å². The van der Waals surface area contributed by atoms with Crippen LogP contribution in [-0.2, 0) is 18.9 Å². The van der Waals surface area contributed by atoms with Crippen molar-refractivity contribution in [2.75, 3.05) is 20.0 Å². The average Bonchev–Trinajstić information content (AvgIpc) is 2.85. The third-order valence-corrected chi connectivity index (χ3v) is 3.34. The summed E-state index contributed by atoms with van der Waals surface area (Å²) in [6.45, 7) is 10.5. The number of carbonyl (C=O) groups excluding carboxylic acids is 1. The molecule has 2 aliphatic rings. The molecule has 2 saturated heterocycles. The summed E-state index contributed by atoms with van der Waals surface area (Å²) < 4.78 is 21.2. The van der Waals surface area contributed by atoms with Crippen molar-refractivity contribution in [3.63, 3.8) is 0 Å². The van der Waals surface area contributed by atoms with Crippen molar-refractivity contribution < 1.29 is 42.6 Å².